The lowest BCUT2D eigenvalue weighted by Crippen LogP contribution is -2.29. The average Bonchev–Trinajstić information content (AvgIpc) is 3.06. The smallest absolute Gasteiger partial charge is 0.262 e. The summed E-state index contributed by atoms with van der Waals surface area (Å²) in [6, 6.07) is 4.80. The molecule has 0 saturated carbocycles. The first kappa shape index (κ1) is 21.9. The van der Waals surface area contributed by atoms with E-state index in [9.17, 15) is 9.59 Å². The molecule has 0 bridgehead atoms. The van der Waals surface area contributed by atoms with Gasteiger partial charge in [-0.3, -0.25) is 9.59 Å². The van der Waals surface area contributed by atoms with Gasteiger partial charge in [0.2, 0.25) is 0 Å². The van der Waals surface area contributed by atoms with Crippen molar-refractivity contribution in [3.63, 3.8) is 0 Å². The lowest BCUT2D eigenvalue weighted by Gasteiger charge is -2.13. The van der Waals surface area contributed by atoms with Gasteiger partial charge in [0.1, 0.15) is 10.8 Å². The maximum absolute atomic E-state index is 12.7. The molecule has 0 fully saturated rings. The number of carbonyl (C=O) groups excluding carboxylic acids is 2. The van der Waals surface area contributed by atoms with Crippen molar-refractivity contribution in [3.05, 3.63) is 44.2 Å². The maximum Gasteiger partial charge on any atom is 0.262 e. The lowest BCUT2D eigenvalue weighted by atomic mass is 9.95. The molecule has 3 rings (SSSR count). The fourth-order valence-electron chi connectivity index (χ4n) is 3.14. The number of ether oxygens (including phenoxy) is 2. The topological polar surface area (TPSA) is 76.7 Å². The molecular formula is C20H22Cl2N2O4S. The highest BCUT2D eigenvalue weighted by molar-refractivity contribution is 7.17. The second-order valence-electron chi connectivity index (χ2n) is 6.58. The van der Waals surface area contributed by atoms with E-state index < -0.39 is 0 Å². The Labute approximate surface area is 183 Å². The zero-order valence-electron chi connectivity index (χ0n) is 16.0. The van der Waals surface area contributed by atoms with E-state index in [0.717, 1.165) is 36.1 Å². The van der Waals surface area contributed by atoms with Gasteiger partial charge in [-0.1, -0.05) is 23.2 Å². The van der Waals surface area contributed by atoms with Crippen molar-refractivity contribution in [1.82, 2.24) is 5.32 Å². The average molecular weight is 457 g/mol. The van der Waals surface area contributed by atoms with Crippen molar-refractivity contribution in [2.24, 2.45) is 0 Å². The van der Waals surface area contributed by atoms with Crippen LogP contribution in [0.2, 0.25) is 10.0 Å². The highest BCUT2D eigenvalue weighted by Crippen LogP contribution is 2.38. The summed E-state index contributed by atoms with van der Waals surface area (Å²) in [5.41, 5.74) is 1.58. The summed E-state index contributed by atoms with van der Waals surface area (Å²) in [6.45, 7) is 0.588. The molecule has 9 heteroatoms. The van der Waals surface area contributed by atoms with Crippen LogP contribution in [0.3, 0.4) is 0 Å². The maximum atomic E-state index is 12.7. The summed E-state index contributed by atoms with van der Waals surface area (Å²) < 4.78 is 10.5. The first-order chi connectivity index (χ1) is 14.0. The van der Waals surface area contributed by atoms with E-state index in [4.69, 9.17) is 32.7 Å². The largest absolute Gasteiger partial charge is 0.482 e. The molecule has 0 radical (unpaired) electrons. The Kier molecular flexibility index (Phi) is 7.77. The van der Waals surface area contributed by atoms with Gasteiger partial charge in [-0.15, -0.1) is 11.3 Å². The van der Waals surface area contributed by atoms with Crippen molar-refractivity contribution in [2.45, 2.75) is 25.7 Å². The second kappa shape index (κ2) is 10.3. The Morgan fingerprint density at radius 3 is 2.79 bits per heavy atom. The number of anilines is 1. The molecule has 29 heavy (non-hydrogen) atoms. The predicted octanol–water partition coefficient (Wildman–Crippen LogP) is 4.33. The molecule has 6 nitrogen and oxygen atoms in total. The van der Waals surface area contributed by atoms with E-state index in [-0.39, 0.29) is 18.4 Å². The third-order valence-corrected chi connectivity index (χ3v) is 6.25. The summed E-state index contributed by atoms with van der Waals surface area (Å²) in [5.74, 6) is -0.238. The number of hydrogen-bond donors (Lipinski definition) is 2. The Morgan fingerprint density at radius 2 is 2.00 bits per heavy atom. The molecule has 1 aliphatic rings. The molecule has 1 aliphatic carbocycles. The zero-order chi connectivity index (χ0) is 20.8. The molecule has 1 aromatic heterocycles. The number of rotatable bonds is 8. The van der Waals surface area contributed by atoms with E-state index in [0.29, 0.717) is 39.5 Å². The minimum atomic E-state index is -0.370. The number of aryl methyl sites for hydroxylation is 1. The van der Waals surface area contributed by atoms with Crippen LogP contribution in [0.5, 0.6) is 5.75 Å². The summed E-state index contributed by atoms with van der Waals surface area (Å²) in [5, 5.41) is 7.06. The van der Waals surface area contributed by atoms with Crippen LogP contribution in [-0.4, -0.2) is 38.7 Å². The van der Waals surface area contributed by atoms with Gasteiger partial charge in [0.15, 0.2) is 6.61 Å². The molecule has 156 valence electrons. The lowest BCUT2D eigenvalue weighted by molar-refractivity contribution is -0.118. The van der Waals surface area contributed by atoms with Crippen molar-refractivity contribution >= 4 is 51.4 Å². The quantitative estimate of drug-likeness (QED) is 0.579. The molecule has 2 N–H and O–H groups in total. The van der Waals surface area contributed by atoms with Crippen molar-refractivity contribution < 1.29 is 19.1 Å². The van der Waals surface area contributed by atoms with Gasteiger partial charge >= 0.3 is 0 Å². The van der Waals surface area contributed by atoms with Crippen molar-refractivity contribution in [2.75, 3.05) is 32.2 Å². The van der Waals surface area contributed by atoms with Crippen LogP contribution < -0.4 is 15.4 Å². The summed E-state index contributed by atoms with van der Waals surface area (Å²) in [4.78, 5) is 26.4. The number of methoxy groups -OCH3 is 1. The van der Waals surface area contributed by atoms with Crippen LogP contribution in [0, 0.1) is 0 Å². The number of nitrogens with one attached hydrogen (secondary N) is 2. The van der Waals surface area contributed by atoms with E-state index in [1.165, 1.54) is 11.3 Å². The fraction of sp³-hybridized carbons (Fsp3) is 0.400. The van der Waals surface area contributed by atoms with Crippen LogP contribution in [0.1, 0.15) is 33.6 Å². The van der Waals surface area contributed by atoms with E-state index >= 15 is 0 Å². The molecule has 0 spiro atoms. The number of thiophene rings is 1. The molecule has 0 aliphatic heterocycles. The van der Waals surface area contributed by atoms with Crippen LogP contribution in [-0.2, 0) is 22.4 Å². The summed E-state index contributed by atoms with van der Waals surface area (Å²) in [7, 11) is 1.58. The highest BCUT2D eigenvalue weighted by atomic mass is 35.5. The van der Waals surface area contributed by atoms with Crippen molar-refractivity contribution in [1.29, 1.82) is 0 Å². The number of amides is 2. The Morgan fingerprint density at radius 1 is 1.21 bits per heavy atom. The monoisotopic (exact) mass is 456 g/mol. The third-order valence-electron chi connectivity index (χ3n) is 4.50. The zero-order valence-corrected chi connectivity index (χ0v) is 18.3. The van der Waals surface area contributed by atoms with Gasteiger partial charge in [0.05, 0.1) is 17.2 Å². The minimum absolute atomic E-state index is 0.199. The molecular weight excluding hydrogens is 435 g/mol. The Bertz CT molecular complexity index is 901. The molecule has 0 unspecified atom stereocenters. The number of hydrogen-bond acceptors (Lipinski definition) is 5. The number of carbonyl (C=O) groups is 2. The first-order valence-corrected chi connectivity index (χ1v) is 10.9. The number of benzene rings is 1. The summed E-state index contributed by atoms with van der Waals surface area (Å²) in [6.07, 6.45) is 3.88. The summed E-state index contributed by atoms with van der Waals surface area (Å²) >= 11 is 13.5. The fourth-order valence-corrected chi connectivity index (χ4v) is 4.78. The van der Waals surface area contributed by atoms with E-state index in [2.05, 4.69) is 10.6 Å². The molecule has 0 atom stereocenters. The minimum Gasteiger partial charge on any atom is -0.482 e. The molecule has 2 aromatic rings. The predicted molar refractivity (Wildman–Crippen MR) is 116 cm³/mol. The molecule has 2 amide bonds. The van der Waals surface area contributed by atoms with Crippen LogP contribution in [0.15, 0.2) is 18.2 Å². The highest BCUT2D eigenvalue weighted by Gasteiger charge is 2.26. The normalized spacial score (nSPS) is 12.9. The van der Waals surface area contributed by atoms with Gasteiger partial charge in [-0.2, -0.15) is 0 Å². The van der Waals surface area contributed by atoms with E-state index in [1.807, 2.05) is 0 Å². The van der Waals surface area contributed by atoms with Gasteiger partial charge < -0.3 is 20.1 Å². The van der Waals surface area contributed by atoms with E-state index in [1.54, 1.807) is 25.3 Å². The van der Waals surface area contributed by atoms with Crippen LogP contribution in [0.25, 0.3) is 0 Å². The third kappa shape index (κ3) is 5.63. The SMILES string of the molecule is COCCNC(=O)c1c(NC(=O)COc2cc(Cl)ccc2Cl)sc2c1CCCC2. The Hall–Kier alpha value is -1.80. The van der Waals surface area contributed by atoms with Gasteiger partial charge in [-0.05, 0) is 43.4 Å². The van der Waals surface area contributed by atoms with Gasteiger partial charge in [0, 0.05) is 29.6 Å². The Balaban J connectivity index is 1.72. The molecule has 0 saturated heterocycles. The van der Waals surface area contributed by atoms with Crippen LogP contribution in [0.4, 0.5) is 5.00 Å². The standard InChI is InChI=1S/C20H22Cl2N2O4S/c1-27-9-8-23-19(26)18-13-4-2-3-5-16(13)29-20(18)24-17(25)11-28-15-10-12(21)6-7-14(15)22/h6-7,10H,2-5,8-9,11H2,1H3,(H,23,26)(H,24,25). The van der Waals surface area contributed by atoms with Crippen LogP contribution >= 0.6 is 34.5 Å². The first-order valence-electron chi connectivity index (χ1n) is 9.29. The van der Waals surface area contributed by atoms with Gasteiger partial charge in [-0.25, -0.2) is 0 Å². The van der Waals surface area contributed by atoms with Gasteiger partial charge in [0.25, 0.3) is 11.8 Å². The second-order valence-corrected chi connectivity index (χ2v) is 8.52. The molecule has 1 heterocycles. The van der Waals surface area contributed by atoms with Crippen molar-refractivity contribution in [3.8, 4) is 5.75 Å². The number of fused-ring (bicyclic) bond motifs is 1. The number of halogens is 2. The molecule has 1 aromatic carbocycles.